The highest BCUT2D eigenvalue weighted by molar-refractivity contribution is 7.15. The van der Waals surface area contributed by atoms with E-state index in [1.165, 1.54) is 16.0 Å². The summed E-state index contributed by atoms with van der Waals surface area (Å²) in [5, 5.41) is 8.80. The molecule has 2 aromatic rings. The van der Waals surface area contributed by atoms with Crippen molar-refractivity contribution in [2.24, 2.45) is 0 Å². The van der Waals surface area contributed by atoms with E-state index in [2.05, 4.69) is 37.3 Å². The molecule has 1 heterocycles. The molecule has 0 amide bonds. The van der Waals surface area contributed by atoms with E-state index in [9.17, 15) is 4.79 Å². The fourth-order valence-corrected chi connectivity index (χ4v) is 2.92. The van der Waals surface area contributed by atoms with Crippen molar-refractivity contribution in [1.29, 1.82) is 0 Å². The summed E-state index contributed by atoms with van der Waals surface area (Å²) >= 11 is 1.68. The Morgan fingerprint density at radius 2 is 1.89 bits per heavy atom. The molecule has 1 aromatic carbocycles. The number of rotatable bonds is 4. The Morgan fingerprint density at radius 3 is 2.50 bits per heavy atom. The first-order valence-corrected chi connectivity index (χ1v) is 6.76. The number of hydrogen-bond acceptors (Lipinski definition) is 2. The fourth-order valence-electron chi connectivity index (χ4n) is 1.85. The number of carboxylic acids is 1. The number of aliphatic carboxylic acids is 1. The third-order valence-electron chi connectivity index (χ3n) is 2.93. The van der Waals surface area contributed by atoms with E-state index in [0.717, 1.165) is 4.88 Å². The number of hydrogen-bond donors (Lipinski definition) is 1. The Kier molecular flexibility index (Phi) is 3.82. The largest absolute Gasteiger partial charge is 0.481 e. The third-order valence-corrected chi connectivity index (χ3v) is 4.30. The van der Waals surface area contributed by atoms with Gasteiger partial charge in [-0.15, -0.1) is 11.3 Å². The second-order valence-electron chi connectivity index (χ2n) is 4.57. The van der Waals surface area contributed by atoms with Crippen LogP contribution in [0.3, 0.4) is 0 Å². The Balaban J connectivity index is 2.19. The van der Waals surface area contributed by atoms with Crippen LogP contribution in [0.15, 0.2) is 36.4 Å². The Morgan fingerprint density at radius 1 is 1.22 bits per heavy atom. The van der Waals surface area contributed by atoms with Crippen LogP contribution in [0, 0.1) is 6.92 Å². The molecule has 18 heavy (non-hydrogen) atoms. The highest BCUT2D eigenvalue weighted by atomic mass is 32.1. The van der Waals surface area contributed by atoms with E-state index < -0.39 is 5.97 Å². The second-order valence-corrected chi connectivity index (χ2v) is 5.68. The summed E-state index contributed by atoms with van der Waals surface area (Å²) in [7, 11) is 0. The Labute approximate surface area is 111 Å². The lowest BCUT2D eigenvalue weighted by Gasteiger charge is -2.04. The predicted octanol–water partition coefficient (Wildman–Crippen LogP) is 4.30. The van der Waals surface area contributed by atoms with Crippen LogP contribution in [-0.2, 0) is 4.79 Å². The van der Waals surface area contributed by atoms with E-state index in [1.807, 2.05) is 13.0 Å². The van der Waals surface area contributed by atoms with Gasteiger partial charge in [-0.05, 0) is 24.6 Å². The maximum absolute atomic E-state index is 10.7. The maximum atomic E-state index is 10.7. The van der Waals surface area contributed by atoms with E-state index in [4.69, 9.17) is 5.11 Å². The molecule has 2 nitrogen and oxygen atoms in total. The number of thiophene rings is 1. The van der Waals surface area contributed by atoms with Crippen molar-refractivity contribution < 1.29 is 9.90 Å². The Hall–Kier alpha value is -1.61. The molecule has 0 bridgehead atoms. The fraction of sp³-hybridized carbons (Fsp3) is 0.267. The van der Waals surface area contributed by atoms with Crippen LogP contribution in [0.5, 0.6) is 0 Å². The molecule has 0 aliphatic heterocycles. The second kappa shape index (κ2) is 5.36. The van der Waals surface area contributed by atoms with Crippen molar-refractivity contribution in [3.05, 3.63) is 46.8 Å². The van der Waals surface area contributed by atoms with Crippen LogP contribution < -0.4 is 0 Å². The topological polar surface area (TPSA) is 37.3 Å². The lowest BCUT2D eigenvalue weighted by molar-refractivity contribution is -0.137. The van der Waals surface area contributed by atoms with E-state index in [0.29, 0.717) is 0 Å². The summed E-state index contributed by atoms with van der Waals surface area (Å²) in [5.74, 6) is -0.667. The molecule has 0 saturated carbocycles. The molecule has 1 atom stereocenters. The van der Waals surface area contributed by atoms with Crippen molar-refractivity contribution in [3.8, 4) is 10.4 Å². The molecule has 94 valence electrons. The van der Waals surface area contributed by atoms with Crippen molar-refractivity contribution >= 4 is 17.3 Å². The minimum absolute atomic E-state index is 0.0756. The minimum atomic E-state index is -0.743. The maximum Gasteiger partial charge on any atom is 0.303 e. The summed E-state index contributed by atoms with van der Waals surface area (Å²) in [6.45, 7) is 4.03. The van der Waals surface area contributed by atoms with Crippen LogP contribution in [0.25, 0.3) is 10.4 Å². The lowest BCUT2D eigenvalue weighted by atomic mass is 10.1. The van der Waals surface area contributed by atoms with Gasteiger partial charge in [0.1, 0.15) is 0 Å². The van der Waals surface area contributed by atoms with Gasteiger partial charge in [-0.1, -0.05) is 36.8 Å². The van der Waals surface area contributed by atoms with Gasteiger partial charge in [0.15, 0.2) is 0 Å². The van der Waals surface area contributed by atoms with Gasteiger partial charge in [-0.25, -0.2) is 0 Å². The number of benzene rings is 1. The van der Waals surface area contributed by atoms with Gasteiger partial charge >= 0.3 is 5.97 Å². The van der Waals surface area contributed by atoms with Gasteiger partial charge in [0.2, 0.25) is 0 Å². The third kappa shape index (κ3) is 2.99. The monoisotopic (exact) mass is 260 g/mol. The quantitative estimate of drug-likeness (QED) is 0.889. The van der Waals surface area contributed by atoms with Gasteiger partial charge in [0.05, 0.1) is 6.42 Å². The van der Waals surface area contributed by atoms with E-state index in [1.54, 1.807) is 11.3 Å². The number of carbonyl (C=O) groups is 1. The summed E-state index contributed by atoms with van der Waals surface area (Å²) in [5.41, 5.74) is 2.44. The first kappa shape index (κ1) is 12.8. The molecule has 0 aliphatic rings. The average molecular weight is 260 g/mol. The van der Waals surface area contributed by atoms with Crippen molar-refractivity contribution in [2.45, 2.75) is 26.2 Å². The van der Waals surface area contributed by atoms with Crippen molar-refractivity contribution in [2.75, 3.05) is 0 Å². The van der Waals surface area contributed by atoms with Gasteiger partial charge in [0, 0.05) is 15.7 Å². The van der Waals surface area contributed by atoms with E-state index >= 15 is 0 Å². The number of aryl methyl sites for hydroxylation is 1. The molecule has 0 radical (unpaired) electrons. The lowest BCUT2D eigenvalue weighted by Crippen LogP contribution is -2.00. The smallest absolute Gasteiger partial charge is 0.303 e. The highest BCUT2D eigenvalue weighted by Crippen LogP contribution is 2.33. The average Bonchev–Trinajstić information content (AvgIpc) is 2.78. The SMILES string of the molecule is Cc1ccc(-c2ccc(C(C)CC(=O)O)s2)cc1. The highest BCUT2D eigenvalue weighted by Gasteiger charge is 2.13. The predicted molar refractivity (Wildman–Crippen MR) is 75.2 cm³/mol. The molecule has 3 heteroatoms. The minimum Gasteiger partial charge on any atom is -0.481 e. The molecule has 1 N–H and O–H groups in total. The summed E-state index contributed by atoms with van der Waals surface area (Å²) in [6.07, 6.45) is 0.188. The van der Waals surface area contributed by atoms with Crippen LogP contribution >= 0.6 is 11.3 Å². The zero-order valence-electron chi connectivity index (χ0n) is 10.5. The van der Waals surface area contributed by atoms with Crippen LogP contribution in [0.4, 0.5) is 0 Å². The molecule has 0 aliphatic carbocycles. The van der Waals surface area contributed by atoms with Crippen molar-refractivity contribution in [1.82, 2.24) is 0 Å². The normalized spacial score (nSPS) is 12.3. The summed E-state index contributed by atoms with van der Waals surface area (Å²) < 4.78 is 0. The molecule has 1 unspecified atom stereocenters. The molecular formula is C15H16O2S. The van der Waals surface area contributed by atoms with Crippen molar-refractivity contribution in [3.63, 3.8) is 0 Å². The first-order valence-electron chi connectivity index (χ1n) is 5.95. The Bertz CT molecular complexity index is 540. The number of carboxylic acid groups (broad SMARTS) is 1. The van der Waals surface area contributed by atoms with Gasteiger partial charge in [0.25, 0.3) is 0 Å². The molecule has 2 rings (SSSR count). The standard InChI is InChI=1S/C15H16O2S/c1-10-3-5-12(6-4-10)14-8-7-13(18-14)11(2)9-15(16)17/h3-8,11H,9H2,1-2H3,(H,16,17). The van der Waals surface area contributed by atoms with Crippen LogP contribution in [0.2, 0.25) is 0 Å². The van der Waals surface area contributed by atoms with Crippen LogP contribution in [-0.4, -0.2) is 11.1 Å². The van der Waals surface area contributed by atoms with Gasteiger partial charge in [-0.2, -0.15) is 0 Å². The first-order chi connectivity index (χ1) is 8.56. The van der Waals surface area contributed by atoms with E-state index in [-0.39, 0.29) is 12.3 Å². The van der Waals surface area contributed by atoms with Gasteiger partial charge < -0.3 is 5.11 Å². The summed E-state index contributed by atoms with van der Waals surface area (Å²) in [4.78, 5) is 13.0. The van der Waals surface area contributed by atoms with Gasteiger partial charge in [-0.3, -0.25) is 4.79 Å². The van der Waals surface area contributed by atoms with Crippen LogP contribution in [0.1, 0.15) is 29.7 Å². The molecule has 1 aromatic heterocycles. The molecule has 0 spiro atoms. The molecular weight excluding hydrogens is 244 g/mol. The zero-order chi connectivity index (χ0) is 13.1. The summed E-state index contributed by atoms with van der Waals surface area (Å²) in [6, 6.07) is 12.5. The molecule has 0 saturated heterocycles. The zero-order valence-corrected chi connectivity index (χ0v) is 11.3. The molecule has 0 fully saturated rings.